The summed E-state index contributed by atoms with van der Waals surface area (Å²) in [6.45, 7) is 2.22. The molecule has 0 radical (unpaired) electrons. The molecule has 4 unspecified atom stereocenters. The van der Waals surface area contributed by atoms with E-state index in [1.54, 1.807) is 7.11 Å². The Morgan fingerprint density at radius 3 is 2.91 bits per heavy atom. The number of ether oxygens (including phenoxy) is 1. The van der Waals surface area contributed by atoms with Crippen molar-refractivity contribution < 1.29 is 4.74 Å². The monoisotopic (exact) mass is 173 g/mol. The van der Waals surface area contributed by atoms with Crippen LogP contribution in [0.5, 0.6) is 0 Å². The molecule has 0 aromatic rings. The minimum Gasteiger partial charge on any atom is -0.484 e. The molecule has 3 heteroatoms. The summed E-state index contributed by atoms with van der Waals surface area (Å²) >= 11 is 6.01. The van der Waals surface area contributed by atoms with Crippen LogP contribution in [-0.2, 0) is 4.74 Å². The maximum absolute atomic E-state index is 6.01. The summed E-state index contributed by atoms with van der Waals surface area (Å²) in [6.07, 6.45) is 0.959. The van der Waals surface area contributed by atoms with Gasteiger partial charge in [0.1, 0.15) is 0 Å². The fourth-order valence-electron chi connectivity index (χ4n) is 1.85. The largest absolute Gasteiger partial charge is 0.484 e. The Bertz CT molecular complexity index is 204. The van der Waals surface area contributed by atoms with E-state index in [0.717, 1.165) is 12.3 Å². The minimum atomic E-state index is 0.276. The molecule has 1 fully saturated rings. The predicted octanol–water partition coefficient (Wildman–Crippen LogP) is 1.68. The zero-order chi connectivity index (χ0) is 8.01. The maximum Gasteiger partial charge on any atom is 0.183 e. The van der Waals surface area contributed by atoms with E-state index in [9.17, 15) is 0 Å². The van der Waals surface area contributed by atoms with Gasteiger partial charge in [0.2, 0.25) is 0 Å². The molecule has 4 atom stereocenters. The van der Waals surface area contributed by atoms with Crippen molar-refractivity contribution in [2.45, 2.75) is 24.8 Å². The number of nitrogens with zero attached hydrogens (tertiary/aromatic N) is 1. The van der Waals surface area contributed by atoms with Crippen LogP contribution in [0.4, 0.5) is 0 Å². The van der Waals surface area contributed by atoms with Crippen LogP contribution in [-0.4, -0.2) is 24.4 Å². The third-order valence-corrected chi connectivity index (χ3v) is 3.18. The second-order valence-corrected chi connectivity index (χ2v) is 3.92. The highest BCUT2D eigenvalue weighted by atomic mass is 35.5. The normalized spacial score (nSPS) is 47.7. The molecule has 0 N–H and O–H groups in total. The molecular weight excluding hydrogens is 162 g/mol. The fraction of sp³-hybridized carbons (Fsp3) is 0.875. The molecule has 1 saturated carbocycles. The van der Waals surface area contributed by atoms with Crippen LogP contribution in [0, 0.1) is 11.8 Å². The van der Waals surface area contributed by atoms with Crippen molar-refractivity contribution in [3.8, 4) is 0 Å². The van der Waals surface area contributed by atoms with Crippen molar-refractivity contribution in [3.05, 3.63) is 0 Å². The average molecular weight is 174 g/mol. The first kappa shape index (κ1) is 7.41. The van der Waals surface area contributed by atoms with Gasteiger partial charge in [0.25, 0.3) is 0 Å². The SMILES string of the molecule is COC1=NC2C(Cl)C2C(C)C1. The van der Waals surface area contributed by atoms with Gasteiger partial charge in [-0.3, -0.25) is 4.99 Å². The molecule has 0 bridgehead atoms. The van der Waals surface area contributed by atoms with E-state index < -0.39 is 0 Å². The number of hydrogen-bond donors (Lipinski definition) is 0. The van der Waals surface area contributed by atoms with Crippen LogP contribution in [0.15, 0.2) is 4.99 Å². The van der Waals surface area contributed by atoms with E-state index in [-0.39, 0.29) is 5.38 Å². The molecular formula is C8H12ClNO. The number of rotatable bonds is 0. The van der Waals surface area contributed by atoms with Gasteiger partial charge in [-0.2, -0.15) is 0 Å². The van der Waals surface area contributed by atoms with E-state index in [4.69, 9.17) is 16.3 Å². The summed E-state index contributed by atoms with van der Waals surface area (Å²) in [7, 11) is 1.68. The van der Waals surface area contributed by atoms with Crippen molar-refractivity contribution in [1.82, 2.24) is 0 Å². The van der Waals surface area contributed by atoms with E-state index >= 15 is 0 Å². The lowest BCUT2D eigenvalue weighted by Gasteiger charge is -2.15. The molecule has 2 aliphatic rings. The number of aliphatic imine (C=N–C) groups is 1. The summed E-state index contributed by atoms with van der Waals surface area (Å²) in [5, 5.41) is 0.276. The Kier molecular flexibility index (Phi) is 1.60. The first-order chi connectivity index (χ1) is 5.24. The molecule has 0 saturated heterocycles. The van der Waals surface area contributed by atoms with Gasteiger partial charge in [0.05, 0.1) is 18.5 Å². The Hall–Kier alpha value is -0.240. The van der Waals surface area contributed by atoms with E-state index in [2.05, 4.69) is 11.9 Å². The second kappa shape index (κ2) is 2.37. The van der Waals surface area contributed by atoms with Crippen LogP contribution in [0.3, 0.4) is 0 Å². The molecule has 0 aromatic carbocycles. The van der Waals surface area contributed by atoms with Crippen molar-refractivity contribution in [3.63, 3.8) is 0 Å². The zero-order valence-electron chi connectivity index (χ0n) is 6.75. The van der Waals surface area contributed by atoms with Gasteiger partial charge in [-0.15, -0.1) is 11.6 Å². The molecule has 1 aliphatic heterocycles. The molecule has 0 spiro atoms. The van der Waals surface area contributed by atoms with Crippen LogP contribution < -0.4 is 0 Å². The molecule has 2 nitrogen and oxygen atoms in total. The standard InChI is InChI=1S/C8H12ClNO/c1-4-3-5(11-2)10-8-6(4)7(8)9/h4,6-8H,3H2,1-2H3. The molecule has 11 heavy (non-hydrogen) atoms. The quantitative estimate of drug-likeness (QED) is 0.511. The molecule has 1 heterocycles. The zero-order valence-corrected chi connectivity index (χ0v) is 7.51. The highest BCUT2D eigenvalue weighted by Gasteiger charge is 2.54. The number of alkyl halides is 1. The maximum atomic E-state index is 6.01. The highest BCUT2D eigenvalue weighted by molar-refractivity contribution is 6.23. The second-order valence-electron chi connectivity index (χ2n) is 3.42. The molecule has 62 valence electrons. The van der Waals surface area contributed by atoms with Gasteiger partial charge in [-0.25, -0.2) is 0 Å². The summed E-state index contributed by atoms with van der Waals surface area (Å²) in [4.78, 5) is 4.37. The summed E-state index contributed by atoms with van der Waals surface area (Å²) in [5.41, 5.74) is 0. The van der Waals surface area contributed by atoms with E-state index in [0.29, 0.717) is 17.9 Å². The fourth-order valence-corrected chi connectivity index (χ4v) is 2.39. The lowest BCUT2D eigenvalue weighted by Crippen LogP contribution is -2.16. The molecule has 0 amide bonds. The smallest absolute Gasteiger partial charge is 0.183 e. The Morgan fingerprint density at radius 1 is 1.64 bits per heavy atom. The van der Waals surface area contributed by atoms with E-state index in [1.807, 2.05) is 0 Å². The van der Waals surface area contributed by atoms with Gasteiger partial charge >= 0.3 is 0 Å². The average Bonchev–Trinajstić information content (AvgIpc) is 2.63. The third kappa shape index (κ3) is 1.04. The molecule has 0 aromatic heterocycles. The minimum absolute atomic E-state index is 0.276. The van der Waals surface area contributed by atoms with Crippen LogP contribution in [0.25, 0.3) is 0 Å². The number of methoxy groups -OCH3 is 1. The van der Waals surface area contributed by atoms with Gasteiger partial charge < -0.3 is 4.74 Å². The topological polar surface area (TPSA) is 21.6 Å². The van der Waals surface area contributed by atoms with Crippen LogP contribution >= 0.6 is 11.6 Å². The number of hydrogen-bond acceptors (Lipinski definition) is 2. The molecule has 1 aliphatic carbocycles. The Labute approximate surface area is 71.6 Å². The van der Waals surface area contributed by atoms with E-state index in [1.165, 1.54) is 0 Å². The van der Waals surface area contributed by atoms with Crippen molar-refractivity contribution in [1.29, 1.82) is 0 Å². The third-order valence-electron chi connectivity index (χ3n) is 2.63. The number of halogens is 1. The van der Waals surface area contributed by atoms with Crippen molar-refractivity contribution in [2.75, 3.05) is 7.11 Å². The highest BCUT2D eigenvalue weighted by Crippen LogP contribution is 2.49. The number of fused-ring (bicyclic) bond motifs is 1. The van der Waals surface area contributed by atoms with Crippen molar-refractivity contribution >= 4 is 17.5 Å². The Balaban J connectivity index is 2.13. The van der Waals surface area contributed by atoms with Gasteiger partial charge in [-0.1, -0.05) is 6.92 Å². The van der Waals surface area contributed by atoms with Gasteiger partial charge in [-0.05, 0) is 5.92 Å². The first-order valence-electron chi connectivity index (χ1n) is 3.98. The van der Waals surface area contributed by atoms with Crippen molar-refractivity contribution in [2.24, 2.45) is 16.8 Å². The Morgan fingerprint density at radius 2 is 2.36 bits per heavy atom. The predicted molar refractivity (Wildman–Crippen MR) is 45.1 cm³/mol. The summed E-state index contributed by atoms with van der Waals surface area (Å²) in [5.74, 6) is 2.15. The summed E-state index contributed by atoms with van der Waals surface area (Å²) in [6, 6.07) is 0.357. The van der Waals surface area contributed by atoms with Crippen LogP contribution in [0.1, 0.15) is 13.3 Å². The lowest BCUT2D eigenvalue weighted by atomic mass is 10.00. The summed E-state index contributed by atoms with van der Waals surface area (Å²) < 4.78 is 5.10. The van der Waals surface area contributed by atoms with Gasteiger partial charge in [0.15, 0.2) is 5.90 Å². The van der Waals surface area contributed by atoms with Crippen LogP contribution in [0.2, 0.25) is 0 Å². The molecule has 2 rings (SSSR count). The van der Waals surface area contributed by atoms with Gasteiger partial charge in [0, 0.05) is 12.3 Å². The lowest BCUT2D eigenvalue weighted by molar-refractivity contribution is 0.353. The first-order valence-corrected chi connectivity index (χ1v) is 4.42.